The van der Waals surface area contributed by atoms with Gasteiger partial charge in [0.15, 0.2) is 0 Å². The van der Waals surface area contributed by atoms with E-state index in [4.69, 9.17) is 22.1 Å². The van der Waals surface area contributed by atoms with Gasteiger partial charge in [-0.2, -0.15) is 0 Å². The number of nitrogen functional groups attached to an aromatic ring is 1. The number of hydrogen-bond donors (Lipinski definition) is 2. The lowest BCUT2D eigenvalue weighted by molar-refractivity contribution is 0.0950. The van der Waals surface area contributed by atoms with Crippen LogP contribution in [0, 0.1) is 5.92 Å². The third-order valence-corrected chi connectivity index (χ3v) is 4.89. The molecule has 1 atom stereocenters. The number of ether oxygens (including phenoxy) is 1. The van der Waals surface area contributed by atoms with E-state index in [0.717, 1.165) is 29.7 Å². The smallest absolute Gasteiger partial charge is 0.263 e. The van der Waals surface area contributed by atoms with E-state index in [9.17, 15) is 4.79 Å². The second-order valence-corrected chi connectivity index (χ2v) is 6.41. The van der Waals surface area contributed by atoms with Gasteiger partial charge < -0.3 is 15.8 Å². The van der Waals surface area contributed by atoms with E-state index in [1.807, 2.05) is 6.07 Å². The van der Waals surface area contributed by atoms with Crippen LogP contribution in [-0.2, 0) is 4.74 Å². The average molecular weight is 311 g/mol. The van der Waals surface area contributed by atoms with Gasteiger partial charge >= 0.3 is 0 Å². The van der Waals surface area contributed by atoms with Crippen LogP contribution in [0.25, 0.3) is 10.1 Å². The van der Waals surface area contributed by atoms with E-state index in [1.165, 1.54) is 11.3 Å². The Morgan fingerprint density at radius 2 is 2.40 bits per heavy atom. The van der Waals surface area contributed by atoms with Crippen molar-refractivity contribution in [2.75, 3.05) is 25.5 Å². The lowest BCUT2D eigenvalue weighted by Gasteiger charge is -2.08. The number of anilines is 1. The molecule has 1 fully saturated rings. The van der Waals surface area contributed by atoms with E-state index >= 15 is 0 Å². The fourth-order valence-electron chi connectivity index (χ4n) is 2.32. The van der Waals surface area contributed by atoms with Crippen LogP contribution in [0.5, 0.6) is 0 Å². The van der Waals surface area contributed by atoms with Gasteiger partial charge in [-0.1, -0.05) is 11.6 Å². The molecule has 2 aromatic rings. The number of benzene rings is 1. The zero-order valence-corrected chi connectivity index (χ0v) is 12.4. The molecule has 1 unspecified atom stereocenters. The van der Waals surface area contributed by atoms with E-state index in [0.29, 0.717) is 28.0 Å². The Balaban J connectivity index is 1.78. The van der Waals surface area contributed by atoms with Crippen LogP contribution >= 0.6 is 22.9 Å². The molecule has 20 heavy (non-hydrogen) atoms. The number of carbonyl (C=O) groups is 1. The quantitative estimate of drug-likeness (QED) is 0.916. The molecule has 1 saturated heterocycles. The maximum atomic E-state index is 12.2. The number of amides is 1. The fourth-order valence-corrected chi connectivity index (χ4v) is 3.51. The van der Waals surface area contributed by atoms with Crippen LogP contribution < -0.4 is 11.1 Å². The Bertz CT molecular complexity index is 650. The molecule has 2 heterocycles. The van der Waals surface area contributed by atoms with E-state index in [1.54, 1.807) is 12.1 Å². The molecular weight excluding hydrogens is 296 g/mol. The van der Waals surface area contributed by atoms with Crippen LogP contribution in [0.15, 0.2) is 18.2 Å². The molecule has 1 aromatic heterocycles. The minimum absolute atomic E-state index is 0.119. The molecule has 0 spiro atoms. The van der Waals surface area contributed by atoms with Gasteiger partial charge in [-0.3, -0.25) is 4.79 Å². The number of hydrogen-bond acceptors (Lipinski definition) is 4. The summed E-state index contributed by atoms with van der Waals surface area (Å²) in [6, 6.07) is 5.49. The molecule has 0 bridgehead atoms. The zero-order valence-electron chi connectivity index (χ0n) is 10.8. The van der Waals surface area contributed by atoms with Crippen molar-refractivity contribution >= 4 is 44.6 Å². The molecule has 3 N–H and O–H groups in total. The summed E-state index contributed by atoms with van der Waals surface area (Å²) < 4.78 is 6.27. The number of carbonyl (C=O) groups excluding carboxylic acids is 1. The molecule has 1 aromatic carbocycles. The first-order valence-corrected chi connectivity index (χ1v) is 7.68. The molecule has 0 saturated carbocycles. The third kappa shape index (κ3) is 2.61. The maximum Gasteiger partial charge on any atom is 0.263 e. The minimum Gasteiger partial charge on any atom is -0.397 e. The van der Waals surface area contributed by atoms with Gasteiger partial charge in [0.2, 0.25) is 0 Å². The molecule has 1 aliphatic rings. The largest absolute Gasteiger partial charge is 0.397 e. The molecule has 0 aliphatic carbocycles. The normalized spacial score (nSPS) is 18.6. The summed E-state index contributed by atoms with van der Waals surface area (Å²) in [7, 11) is 0. The van der Waals surface area contributed by atoms with Gasteiger partial charge in [0.25, 0.3) is 5.91 Å². The summed E-state index contributed by atoms with van der Waals surface area (Å²) in [5.41, 5.74) is 6.57. The molecule has 6 heteroatoms. The highest BCUT2D eigenvalue weighted by atomic mass is 35.5. The van der Waals surface area contributed by atoms with Crippen LogP contribution in [0.3, 0.4) is 0 Å². The first-order valence-electron chi connectivity index (χ1n) is 6.48. The molecule has 4 nitrogen and oxygen atoms in total. The highest BCUT2D eigenvalue weighted by Crippen LogP contribution is 2.35. The minimum atomic E-state index is -0.119. The van der Waals surface area contributed by atoms with Crippen LogP contribution in [0.4, 0.5) is 5.69 Å². The van der Waals surface area contributed by atoms with Crippen LogP contribution in [-0.4, -0.2) is 25.7 Å². The first kappa shape index (κ1) is 13.7. The highest BCUT2D eigenvalue weighted by Gasteiger charge is 2.20. The molecule has 3 rings (SSSR count). The number of rotatable bonds is 3. The maximum absolute atomic E-state index is 12.2. The molecular formula is C14H15ClN2O2S. The third-order valence-electron chi connectivity index (χ3n) is 3.47. The zero-order chi connectivity index (χ0) is 14.1. The van der Waals surface area contributed by atoms with Gasteiger partial charge in [0.1, 0.15) is 4.88 Å². The fraction of sp³-hybridized carbons (Fsp3) is 0.357. The van der Waals surface area contributed by atoms with Gasteiger partial charge in [0, 0.05) is 34.2 Å². The van der Waals surface area contributed by atoms with Crippen molar-refractivity contribution < 1.29 is 9.53 Å². The Morgan fingerprint density at radius 1 is 1.55 bits per heavy atom. The lowest BCUT2D eigenvalue weighted by Crippen LogP contribution is -2.29. The van der Waals surface area contributed by atoms with Gasteiger partial charge in [-0.25, -0.2) is 0 Å². The number of nitrogens with one attached hydrogen (secondary N) is 1. The second kappa shape index (κ2) is 5.60. The van der Waals surface area contributed by atoms with Gasteiger partial charge in [-0.05, 0) is 24.6 Å². The van der Waals surface area contributed by atoms with Crippen LogP contribution in [0.2, 0.25) is 5.02 Å². The summed E-state index contributed by atoms with van der Waals surface area (Å²) in [5.74, 6) is 0.288. The predicted molar refractivity (Wildman–Crippen MR) is 82.5 cm³/mol. The summed E-state index contributed by atoms with van der Waals surface area (Å²) in [4.78, 5) is 12.8. The van der Waals surface area contributed by atoms with E-state index in [2.05, 4.69) is 5.32 Å². The average Bonchev–Trinajstić information content (AvgIpc) is 3.05. The Kier molecular flexibility index (Phi) is 3.83. The summed E-state index contributed by atoms with van der Waals surface area (Å²) >= 11 is 7.36. The number of thiophene rings is 1. The van der Waals surface area contributed by atoms with Crippen molar-refractivity contribution in [2.24, 2.45) is 5.92 Å². The Hall–Kier alpha value is -1.30. The van der Waals surface area contributed by atoms with Crippen molar-refractivity contribution in [1.29, 1.82) is 0 Å². The standard InChI is InChI=1S/C14H15ClN2O2S/c15-9-1-2-11-10(5-9)12(16)13(20-11)14(18)17-6-8-3-4-19-7-8/h1-2,5,8H,3-4,6-7,16H2,(H,17,18). The van der Waals surface area contributed by atoms with Crippen molar-refractivity contribution in [3.63, 3.8) is 0 Å². The second-order valence-electron chi connectivity index (χ2n) is 4.92. The van der Waals surface area contributed by atoms with E-state index in [-0.39, 0.29) is 5.91 Å². The molecule has 106 valence electrons. The number of halogens is 1. The van der Waals surface area contributed by atoms with Gasteiger partial charge in [0.05, 0.1) is 12.3 Å². The first-order chi connectivity index (χ1) is 9.65. The SMILES string of the molecule is Nc1c(C(=O)NCC2CCOC2)sc2ccc(Cl)cc12. The predicted octanol–water partition coefficient (Wildman–Crippen LogP) is 2.90. The van der Waals surface area contributed by atoms with Crippen molar-refractivity contribution in [2.45, 2.75) is 6.42 Å². The molecule has 0 radical (unpaired) electrons. The number of nitrogens with two attached hydrogens (primary N) is 1. The van der Waals surface area contributed by atoms with Crippen LogP contribution in [0.1, 0.15) is 16.1 Å². The topological polar surface area (TPSA) is 64.4 Å². The Labute approximate surface area is 125 Å². The summed E-state index contributed by atoms with van der Waals surface area (Å²) in [6.45, 7) is 2.13. The van der Waals surface area contributed by atoms with E-state index < -0.39 is 0 Å². The monoisotopic (exact) mass is 310 g/mol. The van der Waals surface area contributed by atoms with Crippen molar-refractivity contribution in [1.82, 2.24) is 5.32 Å². The highest BCUT2D eigenvalue weighted by molar-refractivity contribution is 7.21. The van der Waals surface area contributed by atoms with Crippen molar-refractivity contribution in [3.8, 4) is 0 Å². The molecule has 1 amide bonds. The summed E-state index contributed by atoms with van der Waals surface area (Å²) in [5, 5.41) is 4.40. The summed E-state index contributed by atoms with van der Waals surface area (Å²) in [6.07, 6.45) is 0.998. The lowest BCUT2D eigenvalue weighted by atomic mass is 10.1. The number of fused-ring (bicyclic) bond motifs is 1. The van der Waals surface area contributed by atoms with Gasteiger partial charge in [-0.15, -0.1) is 11.3 Å². The Morgan fingerprint density at radius 3 is 3.15 bits per heavy atom. The molecule has 1 aliphatic heterocycles. The van der Waals surface area contributed by atoms with Crippen molar-refractivity contribution in [3.05, 3.63) is 28.1 Å².